The van der Waals surface area contributed by atoms with Crippen molar-refractivity contribution in [3.63, 3.8) is 0 Å². The van der Waals surface area contributed by atoms with E-state index in [0.717, 1.165) is 11.1 Å². The normalized spacial score (nSPS) is 10.5. The highest BCUT2D eigenvalue weighted by Gasteiger charge is 2.08. The van der Waals surface area contributed by atoms with E-state index >= 15 is 0 Å². The van der Waals surface area contributed by atoms with Gasteiger partial charge in [0.05, 0.1) is 0 Å². The molecule has 6 heteroatoms. The minimum absolute atomic E-state index is 0.158. The molecule has 0 unspecified atom stereocenters. The highest BCUT2D eigenvalue weighted by Crippen LogP contribution is 2.29. The minimum Gasteiger partial charge on any atom is -0.457 e. The zero-order chi connectivity index (χ0) is 30.1. The fourth-order valence-corrected chi connectivity index (χ4v) is 4.50. The van der Waals surface area contributed by atoms with Gasteiger partial charge in [-0.1, -0.05) is 60.7 Å². The van der Waals surface area contributed by atoms with Crippen molar-refractivity contribution in [2.24, 2.45) is 0 Å². The number of anilines is 2. The number of hydrogen-bond acceptors (Lipinski definition) is 4. The number of carbonyl (C=O) groups excluding carboxylic acids is 2. The van der Waals surface area contributed by atoms with Crippen molar-refractivity contribution < 1.29 is 19.1 Å². The molecule has 214 valence electrons. The smallest absolute Gasteiger partial charge is 0.255 e. The second kappa shape index (κ2) is 13.2. The molecule has 2 N–H and O–H groups in total. The van der Waals surface area contributed by atoms with Crippen LogP contribution in [0.2, 0.25) is 0 Å². The van der Waals surface area contributed by atoms with Crippen molar-refractivity contribution in [3.8, 4) is 34.1 Å². The molecule has 0 aliphatic heterocycles. The van der Waals surface area contributed by atoms with Crippen LogP contribution in [0.3, 0.4) is 0 Å². The summed E-state index contributed by atoms with van der Waals surface area (Å²) in [6.45, 7) is 0. The van der Waals surface area contributed by atoms with Crippen LogP contribution in [0, 0.1) is 0 Å². The summed E-state index contributed by atoms with van der Waals surface area (Å²) in [5.41, 5.74) is 4.68. The van der Waals surface area contributed by atoms with Crippen LogP contribution >= 0.6 is 0 Å². The van der Waals surface area contributed by atoms with Gasteiger partial charge in [0.2, 0.25) is 0 Å². The molecule has 0 bridgehead atoms. The molecule has 0 aromatic heterocycles. The molecule has 6 aromatic rings. The Morgan fingerprint density at radius 2 is 0.659 bits per heavy atom. The number of nitrogens with one attached hydrogen (secondary N) is 2. The fourth-order valence-electron chi connectivity index (χ4n) is 4.50. The SMILES string of the molecule is O=C(Nc1ccc(Oc2ccc(-c3ccc(Oc4ccc(NC(=O)c5ccccc5)cc4)cc3)cc2)cc1)c1ccccc1. The Morgan fingerprint density at radius 3 is 0.977 bits per heavy atom. The highest BCUT2D eigenvalue weighted by atomic mass is 16.5. The first-order chi connectivity index (χ1) is 21.6. The molecular formula is C38H28N2O4. The standard InChI is InChI=1S/C38H28N2O4/c41-37(29-7-3-1-4-8-29)39-31-15-23-35(24-16-31)43-33-19-11-27(12-20-33)28-13-21-34(22-14-28)44-36-25-17-32(18-26-36)40-38(42)30-9-5-2-6-10-30/h1-26H,(H,39,41)(H,40,42). The minimum atomic E-state index is -0.158. The van der Waals surface area contributed by atoms with Crippen molar-refractivity contribution >= 4 is 23.2 Å². The Labute approximate surface area is 255 Å². The lowest BCUT2D eigenvalue weighted by molar-refractivity contribution is 0.101. The summed E-state index contributed by atoms with van der Waals surface area (Å²) in [5.74, 6) is 2.44. The van der Waals surface area contributed by atoms with Gasteiger partial charge in [-0.3, -0.25) is 9.59 Å². The summed E-state index contributed by atoms with van der Waals surface area (Å²) >= 11 is 0. The maximum absolute atomic E-state index is 12.4. The van der Waals surface area contributed by atoms with Crippen LogP contribution in [0.1, 0.15) is 20.7 Å². The average Bonchev–Trinajstić information content (AvgIpc) is 3.08. The molecule has 2 amide bonds. The summed E-state index contributed by atoms with van der Waals surface area (Å²) < 4.78 is 12.0. The van der Waals surface area contributed by atoms with Gasteiger partial charge in [0.15, 0.2) is 0 Å². The molecule has 6 nitrogen and oxygen atoms in total. The van der Waals surface area contributed by atoms with Gasteiger partial charge in [-0.2, -0.15) is 0 Å². The predicted octanol–water partition coefficient (Wildman–Crippen LogP) is 9.44. The van der Waals surface area contributed by atoms with Crippen LogP contribution in [0.4, 0.5) is 11.4 Å². The van der Waals surface area contributed by atoms with E-state index in [-0.39, 0.29) is 11.8 Å². The van der Waals surface area contributed by atoms with Crippen LogP contribution in [-0.2, 0) is 0 Å². The number of ether oxygens (including phenoxy) is 2. The number of carbonyl (C=O) groups is 2. The van der Waals surface area contributed by atoms with Crippen molar-refractivity contribution in [1.29, 1.82) is 0 Å². The maximum Gasteiger partial charge on any atom is 0.255 e. The Morgan fingerprint density at radius 1 is 0.364 bits per heavy atom. The van der Waals surface area contributed by atoms with Crippen molar-refractivity contribution in [1.82, 2.24) is 0 Å². The van der Waals surface area contributed by atoms with Crippen LogP contribution in [-0.4, -0.2) is 11.8 Å². The van der Waals surface area contributed by atoms with Crippen LogP contribution in [0.5, 0.6) is 23.0 Å². The first-order valence-corrected chi connectivity index (χ1v) is 14.1. The van der Waals surface area contributed by atoms with Crippen LogP contribution < -0.4 is 20.1 Å². The van der Waals surface area contributed by atoms with E-state index in [1.807, 2.05) is 133 Å². The van der Waals surface area contributed by atoms with E-state index < -0.39 is 0 Å². The molecule has 0 aliphatic rings. The molecule has 0 saturated heterocycles. The second-order valence-electron chi connectivity index (χ2n) is 9.94. The van der Waals surface area contributed by atoms with Crippen LogP contribution in [0.25, 0.3) is 11.1 Å². The molecule has 44 heavy (non-hydrogen) atoms. The van der Waals surface area contributed by atoms with Crippen LogP contribution in [0.15, 0.2) is 158 Å². The predicted molar refractivity (Wildman–Crippen MR) is 174 cm³/mol. The molecular weight excluding hydrogens is 548 g/mol. The molecule has 0 atom stereocenters. The lowest BCUT2D eigenvalue weighted by atomic mass is 10.1. The number of amides is 2. The van der Waals surface area contributed by atoms with Gasteiger partial charge in [-0.25, -0.2) is 0 Å². The van der Waals surface area contributed by atoms with Gasteiger partial charge in [-0.05, 0) is 108 Å². The Hall–Kier alpha value is -6.14. The molecule has 6 rings (SSSR count). The zero-order valence-electron chi connectivity index (χ0n) is 23.6. The molecule has 0 aliphatic carbocycles. The van der Waals surface area contributed by atoms with Crippen molar-refractivity contribution in [3.05, 3.63) is 169 Å². The lowest BCUT2D eigenvalue weighted by Gasteiger charge is -2.10. The number of benzene rings is 6. The second-order valence-corrected chi connectivity index (χ2v) is 9.94. The topological polar surface area (TPSA) is 76.7 Å². The highest BCUT2D eigenvalue weighted by molar-refractivity contribution is 6.04. The Bertz CT molecular complexity index is 1700. The Kier molecular flexibility index (Phi) is 8.42. The Balaban J connectivity index is 1.01. The van der Waals surface area contributed by atoms with Gasteiger partial charge < -0.3 is 20.1 Å². The van der Waals surface area contributed by atoms with E-state index in [2.05, 4.69) is 10.6 Å². The van der Waals surface area contributed by atoms with E-state index in [1.54, 1.807) is 24.3 Å². The fraction of sp³-hybridized carbons (Fsp3) is 0. The monoisotopic (exact) mass is 576 g/mol. The largest absolute Gasteiger partial charge is 0.457 e. The molecule has 0 fully saturated rings. The van der Waals surface area contributed by atoms with Gasteiger partial charge in [0.1, 0.15) is 23.0 Å². The molecule has 0 radical (unpaired) electrons. The van der Waals surface area contributed by atoms with E-state index in [0.29, 0.717) is 45.5 Å². The summed E-state index contributed by atoms with van der Waals surface area (Å²) in [7, 11) is 0. The van der Waals surface area contributed by atoms with Gasteiger partial charge in [0, 0.05) is 22.5 Å². The lowest BCUT2D eigenvalue weighted by Crippen LogP contribution is -2.11. The zero-order valence-corrected chi connectivity index (χ0v) is 23.6. The third-order valence-corrected chi connectivity index (χ3v) is 6.81. The summed E-state index contributed by atoms with van der Waals surface area (Å²) in [5, 5.41) is 5.78. The summed E-state index contributed by atoms with van der Waals surface area (Å²) in [6, 6.07) is 48.4. The quantitative estimate of drug-likeness (QED) is 0.180. The molecule has 0 saturated carbocycles. The summed E-state index contributed by atoms with van der Waals surface area (Å²) in [4.78, 5) is 24.7. The van der Waals surface area contributed by atoms with E-state index in [1.165, 1.54) is 0 Å². The first-order valence-electron chi connectivity index (χ1n) is 14.1. The van der Waals surface area contributed by atoms with Crippen molar-refractivity contribution in [2.75, 3.05) is 10.6 Å². The van der Waals surface area contributed by atoms with Gasteiger partial charge in [-0.15, -0.1) is 0 Å². The van der Waals surface area contributed by atoms with Gasteiger partial charge in [0.25, 0.3) is 11.8 Å². The van der Waals surface area contributed by atoms with E-state index in [9.17, 15) is 9.59 Å². The number of rotatable bonds is 9. The maximum atomic E-state index is 12.4. The molecule has 0 spiro atoms. The first kappa shape index (κ1) is 28.0. The molecule has 0 heterocycles. The van der Waals surface area contributed by atoms with Gasteiger partial charge >= 0.3 is 0 Å². The molecule has 6 aromatic carbocycles. The third-order valence-electron chi connectivity index (χ3n) is 6.81. The summed E-state index contributed by atoms with van der Waals surface area (Å²) in [6.07, 6.45) is 0. The van der Waals surface area contributed by atoms with E-state index in [4.69, 9.17) is 9.47 Å². The average molecular weight is 577 g/mol. The number of hydrogen-bond donors (Lipinski definition) is 2. The van der Waals surface area contributed by atoms with Crippen molar-refractivity contribution in [2.45, 2.75) is 0 Å². The third kappa shape index (κ3) is 7.19.